The number of aromatic nitrogens is 5. The number of anilines is 1. The zero-order chi connectivity index (χ0) is 20.3. The fourth-order valence-corrected chi connectivity index (χ4v) is 4.42. The molecular weight excluding hydrogens is 378 g/mol. The summed E-state index contributed by atoms with van der Waals surface area (Å²) in [5, 5.41) is 8.89. The van der Waals surface area contributed by atoms with E-state index < -0.39 is 0 Å². The monoisotopic (exact) mass is 403 g/mol. The largest absolute Gasteiger partial charge is 0.340 e. The molecule has 1 aromatic carbocycles. The van der Waals surface area contributed by atoms with Crippen molar-refractivity contribution in [2.24, 2.45) is 0 Å². The van der Waals surface area contributed by atoms with E-state index in [4.69, 9.17) is 0 Å². The van der Waals surface area contributed by atoms with E-state index in [-0.39, 0.29) is 11.8 Å². The molecule has 1 atom stereocenters. The minimum Gasteiger partial charge on any atom is -0.340 e. The van der Waals surface area contributed by atoms with Gasteiger partial charge in [0.25, 0.3) is 0 Å². The molecule has 1 saturated heterocycles. The quantitative estimate of drug-likeness (QED) is 0.668. The van der Waals surface area contributed by atoms with Gasteiger partial charge < -0.3 is 14.4 Å². The van der Waals surface area contributed by atoms with Crippen LogP contribution >= 0.6 is 0 Å². The first-order chi connectivity index (χ1) is 14.8. The lowest BCUT2D eigenvalue weighted by atomic mass is 9.96. The van der Waals surface area contributed by atoms with Gasteiger partial charge in [0.15, 0.2) is 5.82 Å². The summed E-state index contributed by atoms with van der Waals surface area (Å²) in [6, 6.07) is 11.9. The Morgan fingerprint density at radius 3 is 2.53 bits per heavy atom. The van der Waals surface area contributed by atoms with Crippen LogP contribution in [0.25, 0.3) is 11.4 Å². The van der Waals surface area contributed by atoms with Crippen LogP contribution in [0.1, 0.15) is 31.0 Å². The highest BCUT2D eigenvalue weighted by Crippen LogP contribution is 2.31. The average molecular weight is 403 g/mol. The van der Waals surface area contributed by atoms with Crippen LogP contribution in [-0.2, 0) is 11.3 Å². The van der Waals surface area contributed by atoms with E-state index in [1.165, 1.54) is 0 Å². The van der Waals surface area contributed by atoms with Gasteiger partial charge in [0.05, 0.1) is 5.92 Å². The molecule has 3 aromatic rings. The van der Waals surface area contributed by atoms with Gasteiger partial charge in [0.2, 0.25) is 11.9 Å². The van der Waals surface area contributed by atoms with Crippen molar-refractivity contribution in [1.29, 1.82) is 0 Å². The maximum Gasteiger partial charge on any atom is 0.233 e. The van der Waals surface area contributed by atoms with Gasteiger partial charge in [-0.15, -0.1) is 10.2 Å². The van der Waals surface area contributed by atoms with Crippen molar-refractivity contribution < 1.29 is 4.79 Å². The lowest BCUT2D eigenvalue weighted by Gasteiger charge is -2.29. The van der Waals surface area contributed by atoms with E-state index >= 15 is 0 Å². The second-order valence-corrected chi connectivity index (χ2v) is 7.81. The maximum absolute atomic E-state index is 13.5. The number of fused-ring (bicyclic) bond motifs is 1. The van der Waals surface area contributed by atoms with Crippen molar-refractivity contribution in [3.63, 3.8) is 0 Å². The molecule has 2 aromatic heterocycles. The van der Waals surface area contributed by atoms with Crippen LogP contribution in [0.3, 0.4) is 0 Å². The topological polar surface area (TPSA) is 80.0 Å². The van der Waals surface area contributed by atoms with Gasteiger partial charge in [0.1, 0.15) is 5.82 Å². The second-order valence-electron chi connectivity index (χ2n) is 7.81. The van der Waals surface area contributed by atoms with E-state index in [0.717, 1.165) is 68.6 Å². The summed E-state index contributed by atoms with van der Waals surface area (Å²) in [6.45, 7) is 3.87. The maximum atomic E-state index is 13.5. The lowest BCUT2D eigenvalue weighted by molar-refractivity contribution is -0.133. The van der Waals surface area contributed by atoms with Crippen molar-refractivity contribution in [3.8, 4) is 11.4 Å². The summed E-state index contributed by atoms with van der Waals surface area (Å²) < 4.78 is 2.13. The fraction of sp³-hybridized carbons (Fsp3) is 0.409. The molecule has 0 radical (unpaired) electrons. The highest BCUT2D eigenvalue weighted by Gasteiger charge is 2.34. The minimum absolute atomic E-state index is 0.166. The van der Waals surface area contributed by atoms with Crippen LogP contribution in [0.15, 0.2) is 48.8 Å². The Morgan fingerprint density at radius 2 is 1.70 bits per heavy atom. The van der Waals surface area contributed by atoms with Gasteiger partial charge >= 0.3 is 0 Å². The first-order valence-corrected chi connectivity index (χ1v) is 10.6. The van der Waals surface area contributed by atoms with Gasteiger partial charge in [-0.1, -0.05) is 30.3 Å². The Balaban J connectivity index is 1.33. The molecule has 30 heavy (non-hydrogen) atoms. The number of amides is 1. The lowest BCUT2D eigenvalue weighted by Crippen LogP contribution is -2.40. The SMILES string of the molecule is O=C(C1CCCn2c(-c3ccccc3)nnc21)N1CCCN(c2ncccn2)CC1. The molecule has 8 heteroatoms. The molecule has 0 saturated carbocycles. The summed E-state index contributed by atoms with van der Waals surface area (Å²) in [5.41, 5.74) is 1.04. The van der Waals surface area contributed by atoms with Crippen molar-refractivity contribution >= 4 is 11.9 Å². The van der Waals surface area contributed by atoms with Crippen LogP contribution in [0.4, 0.5) is 5.95 Å². The molecule has 0 spiro atoms. The van der Waals surface area contributed by atoms with Crippen LogP contribution in [-0.4, -0.2) is 61.7 Å². The Labute approximate surface area is 175 Å². The van der Waals surface area contributed by atoms with E-state index in [2.05, 4.69) is 29.6 Å². The summed E-state index contributed by atoms with van der Waals surface area (Å²) in [4.78, 5) is 26.3. The Bertz CT molecular complexity index is 1000. The molecule has 0 bridgehead atoms. The third kappa shape index (κ3) is 3.53. The summed E-state index contributed by atoms with van der Waals surface area (Å²) >= 11 is 0. The normalized spacial score (nSPS) is 19.3. The Kier molecular flexibility index (Phi) is 5.13. The molecular formula is C22H25N7O. The van der Waals surface area contributed by atoms with Crippen LogP contribution < -0.4 is 4.90 Å². The number of benzene rings is 1. The van der Waals surface area contributed by atoms with Gasteiger partial charge in [-0.25, -0.2) is 9.97 Å². The van der Waals surface area contributed by atoms with Gasteiger partial charge in [-0.3, -0.25) is 4.79 Å². The molecule has 154 valence electrons. The number of nitrogens with zero attached hydrogens (tertiary/aromatic N) is 7. The number of hydrogen-bond acceptors (Lipinski definition) is 6. The zero-order valence-corrected chi connectivity index (χ0v) is 16.9. The van der Waals surface area contributed by atoms with Gasteiger partial charge in [-0.05, 0) is 25.3 Å². The summed E-state index contributed by atoms with van der Waals surface area (Å²) in [6.07, 6.45) is 6.20. The molecule has 4 heterocycles. The van der Waals surface area contributed by atoms with Crippen molar-refractivity contribution in [3.05, 3.63) is 54.6 Å². The first kappa shape index (κ1) is 18.7. The highest BCUT2D eigenvalue weighted by atomic mass is 16.2. The molecule has 0 aliphatic carbocycles. The van der Waals surface area contributed by atoms with Crippen molar-refractivity contribution in [2.75, 3.05) is 31.1 Å². The van der Waals surface area contributed by atoms with E-state index in [0.29, 0.717) is 6.54 Å². The average Bonchev–Trinajstić information content (AvgIpc) is 3.09. The number of carbonyl (C=O) groups excluding carboxylic acids is 1. The summed E-state index contributed by atoms with van der Waals surface area (Å²) in [5.74, 6) is 2.34. The molecule has 2 aliphatic heterocycles. The second kappa shape index (κ2) is 8.22. The number of carbonyl (C=O) groups is 1. The predicted octanol–water partition coefficient (Wildman–Crippen LogP) is 2.35. The fourth-order valence-electron chi connectivity index (χ4n) is 4.42. The predicted molar refractivity (Wildman–Crippen MR) is 113 cm³/mol. The van der Waals surface area contributed by atoms with Crippen LogP contribution in [0.2, 0.25) is 0 Å². The molecule has 2 aliphatic rings. The molecule has 8 nitrogen and oxygen atoms in total. The van der Waals surface area contributed by atoms with E-state index in [1.807, 2.05) is 41.3 Å². The van der Waals surface area contributed by atoms with E-state index in [1.54, 1.807) is 12.4 Å². The number of hydrogen-bond donors (Lipinski definition) is 0. The third-order valence-electron chi connectivity index (χ3n) is 5.94. The molecule has 1 fully saturated rings. The van der Waals surface area contributed by atoms with Crippen molar-refractivity contribution in [2.45, 2.75) is 31.7 Å². The van der Waals surface area contributed by atoms with Crippen molar-refractivity contribution in [1.82, 2.24) is 29.6 Å². The molecule has 1 unspecified atom stereocenters. The van der Waals surface area contributed by atoms with Gasteiger partial charge in [-0.2, -0.15) is 0 Å². The van der Waals surface area contributed by atoms with Crippen LogP contribution in [0, 0.1) is 0 Å². The molecule has 1 amide bonds. The zero-order valence-electron chi connectivity index (χ0n) is 16.9. The molecule has 5 rings (SSSR count). The molecule has 0 N–H and O–H groups in total. The first-order valence-electron chi connectivity index (χ1n) is 10.6. The number of rotatable bonds is 3. The highest BCUT2D eigenvalue weighted by molar-refractivity contribution is 5.83. The summed E-state index contributed by atoms with van der Waals surface area (Å²) in [7, 11) is 0. The van der Waals surface area contributed by atoms with Gasteiger partial charge in [0, 0.05) is 50.7 Å². The third-order valence-corrected chi connectivity index (χ3v) is 5.94. The Hall–Kier alpha value is -3.29. The smallest absolute Gasteiger partial charge is 0.233 e. The van der Waals surface area contributed by atoms with Crippen LogP contribution in [0.5, 0.6) is 0 Å². The Morgan fingerprint density at radius 1 is 0.867 bits per heavy atom. The minimum atomic E-state index is -0.219. The van der Waals surface area contributed by atoms with E-state index in [9.17, 15) is 4.79 Å². The standard InChI is InChI=1S/C22H25N7O/c30-21(27-12-6-13-28(16-15-27)22-23-10-5-11-24-22)18-9-4-14-29-19(25-26-20(18)29)17-7-2-1-3-8-17/h1-3,5,7-8,10-11,18H,4,6,9,12-16H2.